The van der Waals surface area contributed by atoms with Crippen molar-refractivity contribution >= 4 is 5.91 Å². The van der Waals surface area contributed by atoms with Gasteiger partial charge in [-0.25, -0.2) is 0 Å². The number of hydrogen-bond acceptors (Lipinski definition) is 4. The number of carbonyl (C=O) groups excluding carboxylic acids is 1. The van der Waals surface area contributed by atoms with Gasteiger partial charge in [-0.3, -0.25) is 4.79 Å². The summed E-state index contributed by atoms with van der Waals surface area (Å²) in [4.78, 5) is 16.3. The van der Waals surface area contributed by atoms with Gasteiger partial charge in [-0.2, -0.15) is 4.98 Å². The average Bonchev–Trinajstić information content (AvgIpc) is 3.04. The number of rotatable bonds is 6. The predicted molar refractivity (Wildman–Crippen MR) is 71.4 cm³/mol. The maximum absolute atomic E-state index is 11.9. The fraction of sp³-hybridized carbons (Fsp3) is 0.786. The van der Waals surface area contributed by atoms with Crippen molar-refractivity contribution in [3.05, 3.63) is 11.7 Å². The van der Waals surface area contributed by atoms with E-state index in [4.69, 9.17) is 4.52 Å². The van der Waals surface area contributed by atoms with Crippen molar-refractivity contribution in [1.29, 1.82) is 0 Å². The molecular weight excluding hydrogens is 242 g/mol. The van der Waals surface area contributed by atoms with Crippen LogP contribution in [0.5, 0.6) is 0 Å². The van der Waals surface area contributed by atoms with E-state index >= 15 is 0 Å². The van der Waals surface area contributed by atoms with Crippen molar-refractivity contribution in [3.63, 3.8) is 0 Å². The molecule has 1 heterocycles. The highest BCUT2D eigenvalue weighted by Crippen LogP contribution is 2.38. The molecule has 1 aromatic heterocycles. The van der Waals surface area contributed by atoms with Crippen LogP contribution in [0.15, 0.2) is 4.52 Å². The fourth-order valence-electron chi connectivity index (χ4n) is 2.00. The molecule has 1 fully saturated rings. The van der Waals surface area contributed by atoms with Crippen LogP contribution >= 0.6 is 0 Å². The zero-order chi connectivity index (χ0) is 14.0. The Morgan fingerprint density at radius 3 is 2.58 bits per heavy atom. The van der Waals surface area contributed by atoms with E-state index in [-0.39, 0.29) is 17.9 Å². The summed E-state index contributed by atoms with van der Waals surface area (Å²) in [6.07, 6.45) is 2.81. The SMILES string of the molecule is CC(C)CC(=O)NC(c1nc(C2CC2)no1)C(C)C. The maximum atomic E-state index is 11.9. The maximum Gasteiger partial charge on any atom is 0.249 e. The van der Waals surface area contributed by atoms with Crippen LogP contribution in [0.3, 0.4) is 0 Å². The molecule has 5 heteroatoms. The Morgan fingerprint density at radius 2 is 2.05 bits per heavy atom. The molecule has 5 nitrogen and oxygen atoms in total. The Kier molecular flexibility index (Phi) is 4.22. The van der Waals surface area contributed by atoms with Crippen molar-refractivity contribution < 1.29 is 9.32 Å². The molecule has 1 atom stereocenters. The molecule has 0 aromatic carbocycles. The lowest BCUT2D eigenvalue weighted by Crippen LogP contribution is -2.32. The Balaban J connectivity index is 2.03. The Labute approximate surface area is 114 Å². The third-order valence-electron chi connectivity index (χ3n) is 3.24. The lowest BCUT2D eigenvalue weighted by atomic mass is 10.0. The highest BCUT2D eigenvalue weighted by Gasteiger charge is 2.31. The minimum atomic E-state index is -0.189. The first kappa shape index (κ1) is 14.0. The minimum Gasteiger partial charge on any atom is -0.344 e. The highest BCUT2D eigenvalue weighted by molar-refractivity contribution is 5.76. The molecular formula is C14H23N3O2. The molecule has 1 N–H and O–H groups in total. The minimum absolute atomic E-state index is 0.0415. The standard InChI is InChI=1S/C14H23N3O2/c1-8(2)7-11(18)15-12(9(3)4)14-16-13(17-19-14)10-5-6-10/h8-10,12H,5-7H2,1-4H3,(H,15,18). The first-order valence-electron chi connectivity index (χ1n) is 7.10. The number of nitrogens with zero attached hydrogens (tertiary/aromatic N) is 2. The summed E-state index contributed by atoms with van der Waals surface area (Å²) in [5, 5.41) is 7.01. The third-order valence-corrected chi connectivity index (χ3v) is 3.24. The molecule has 1 unspecified atom stereocenters. The fourth-order valence-corrected chi connectivity index (χ4v) is 2.00. The predicted octanol–water partition coefficient (Wildman–Crippen LogP) is 2.81. The van der Waals surface area contributed by atoms with Gasteiger partial charge in [0, 0.05) is 12.3 Å². The van der Waals surface area contributed by atoms with Crippen molar-refractivity contribution in [2.75, 3.05) is 0 Å². The Morgan fingerprint density at radius 1 is 1.37 bits per heavy atom. The first-order valence-corrected chi connectivity index (χ1v) is 7.10. The Hall–Kier alpha value is -1.39. The molecule has 0 radical (unpaired) electrons. The lowest BCUT2D eigenvalue weighted by molar-refractivity contribution is -0.123. The van der Waals surface area contributed by atoms with E-state index in [1.165, 1.54) is 0 Å². The summed E-state index contributed by atoms with van der Waals surface area (Å²) in [5.74, 6) is 2.41. The van der Waals surface area contributed by atoms with Crippen LogP contribution in [0, 0.1) is 11.8 Å². The van der Waals surface area contributed by atoms with Gasteiger partial charge >= 0.3 is 0 Å². The van der Waals surface area contributed by atoms with Gasteiger partial charge < -0.3 is 9.84 Å². The van der Waals surface area contributed by atoms with Gasteiger partial charge in [-0.05, 0) is 24.7 Å². The van der Waals surface area contributed by atoms with Crippen LogP contribution in [0.2, 0.25) is 0 Å². The van der Waals surface area contributed by atoms with E-state index in [0.29, 0.717) is 24.1 Å². The van der Waals surface area contributed by atoms with E-state index < -0.39 is 0 Å². The molecule has 106 valence electrons. The van der Waals surface area contributed by atoms with Crippen LogP contribution in [-0.4, -0.2) is 16.0 Å². The van der Waals surface area contributed by atoms with E-state index in [9.17, 15) is 4.79 Å². The van der Waals surface area contributed by atoms with E-state index in [1.807, 2.05) is 27.7 Å². The molecule has 19 heavy (non-hydrogen) atoms. The van der Waals surface area contributed by atoms with Crippen molar-refractivity contribution in [1.82, 2.24) is 15.5 Å². The van der Waals surface area contributed by atoms with Crippen molar-refractivity contribution in [2.45, 2.75) is 58.9 Å². The second-order valence-corrected chi connectivity index (χ2v) is 6.15. The van der Waals surface area contributed by atoms with E-state index in [1.54, 1.807) is 0 Å². The number of amides is 1. The lowest BCUT2D eigenvalue weighted by Gasteiger charge is -2.19. The van der Waals surface area contributed by atoms with Gasteiger partial charge in [0.25, 0.3) is 0 Å². The molecule has 1 aliphatic carbocycles. The molecule has 2 rings (SSSR count). The zero-order valence-electron chi connectivity index (χ0n) is 12.1. The molecule has 1 aliphatic rings. The first-order chi connectivity index (χ1) is 8.97. The van der Waals surface area contributed by atoms with E-state index in [0.717, 1.165) is 18.7 Å². The van der Waals surface area contributed by atoms with Gasteiger partial charge in [-0.1, -0.05) is 32.9 Å². The highest BCUT2D eigenvalue weighted by atomic mass is 16.5. The number of nitrogens with one attached hydrogen (secondary N) is 1. The summed E-state index contributed by atoms with van der Waals surface area (Å²) in [6, 6.07) is -0.189. The second-order valence-electron chi connectivity index (χ2n) is 6.15. The molecule has 0 spiro atoms. The molecule has 1 aromatic rings. The van der Waals surface area contributed by atoms with Gasteiger partial charge in [0.15, 0.2) is 5.82 Å². The van der Waals surface area contributed by atoms with Crippen LogP contribution in [0.25, 0.3) is 0 Å². The van der Waals surface area contributed by atoms with Crippen LogP contribution < -0.4 is 5.32 Å². The second kappa shape index (κ2) is 5.72. The number of aromatic nitrogens is 2. The monoisotopic (exact) mass is 265 g/mol. The van der Waals surface area contributed by atoms with Crippen LogP contribution in [-0.2, 0) is 4.79 Å². The molecule has 1 amide bonds. The summed E-state index contributed by atoms with van der Waals surface area (Å²) in [5.41, 5.74) is 0. The third kappa shape index (κ3) is 3.78. The molecule has 0 bridgehead atoms. The summed E-state index contributed by atoms with van der Waals surface area (Å²) < 4.78 is 5.32. The van der Waals surface area contributed by atoms with Crippen molar-refractivity contribution in [3.8, 4) is 0 Å². The van der Waals surface area contributed by atoms with Gasteiger partial charge in [0.1, 0.15) is 6.04 Å². The quantitative estimate of drug-likeness (QED) is 0.858. The zero-order valence-corrected chi connectivity index (χ0v) is 12.1. The number of hydrogen-bond donors (Lipinski definition) is 1. The van der Waals surface area contributed by atoms with Crippen LogP contribution in [0.4, 0.5) is 0 Å². The van der Waals surface area contributed by atoms with Crippen LogP contribution in [0.1, 0.15) is 70.6 Å². The Bertz CT molecular complexity index is 436. The van der Waals surface area contributed by atoms with E-state index in [2.05, 4.69) is 15.5 Å². The molecule has 1 saturated carbocycles. The molecule has 0 saturated heterocycles. The summed E-state index contributed by atoms with van der Waals surface area (Å²) >= 11 is 0. The normalized spacial score (nSPS) is 16.9. The average molecular weight is 265 g/mol. The smallest absolute Gasteiger partial charge is 0.249 e. The summed E-state index contributed by atoms with van der Waals surface area (Å²) in [6.45, 7) is 8.15. The van der Waals surface area contributed by atoms with Gasteiger partial charge in [0.2, 0.25) is 11.8 Å². The van der Waals surface area contributed by atoms with Gasteiger partial charge in [-0.15, -0.1) is 0 Å². The summed E-state index contributed by atoms with van der Waals surface area (Å²) in [7, 11) is 0. The molecule has 0 aliphatic heterocycles. The topological polar surface area (TPSA) is 68.0 Å². The largest absolute Gasteiger partial charge is 0.344 e. The number of carbonyl (C=O) groups is 1. The van der Waals surface area contributed by atoms with Crippen molar-refractivity contribution in [2.24, 2.45) is 11.8 Å². The van der Waals surface area contributed by atoms with Gasteiger partial charge in [0.05, 0.1) is 0 Å².